The Morgan fingerprint density at radius 2 is 1.88 bits per heavy atom. The van der Waals surface area contributed by atoms with Gasteiger partial charge >= 0.3 is 0 Å². The molecule has 7 nitrogen and oxygen atoms in total. The smallest absolute Gasteiger partial charge is 0.257 e. The summed E-state index contributed by atoms with van der Waals surface area (Å²) in [6.07, 6.45) is 0. The summed E-state index contributed by atoms with van der Waals surface area (Å²) in [6, 6.07) is 12.4. The topological polar surface area (TPSA) is 80.5 Å². The number of carbonyl (C=O) groups excluding carboxylic acids is 1. The first-order valence-corrected chi connectivity index (χ1v) is 10.8. The molecule has 0 spiro atoms. The van der Waals surface area contributed by atoms with Crippen LogP contribution in [-0.2, 0) is 13.1 Å². The summed E-state index contributed by atoms with van der Waals surface area (Å²) in [5.74, 6) is 0.756. The zero-order chi connectivity index (χ0) is 23.3. The van der Waals surface area contributed by atoms with Crippen LogP contribution in [0.2, 0.25) is 5.02 Å². The van der Waals surface area contributed by atoms with E-state index in [1.807, 2.05) is 37.6 Å². The highest BCUT2D eigenvalue weighted by Gasteiger charge is 2.14. The van der Waals surface area contributed by atoms with E-state index in [-0.39, 0.29) is 5.91 Å². The third-order valence-electron chi connectivity index (χ3n) is 5.25. The second-order valence-corrected chi connectivity index (χ2v) is 7.83. The van der Waals surface area contributed by atoms with E-state index >= 15 is 0 Å². The van der Waals surface area contributed by atoms with Gasteiger partial charge in [0, 0.05) is 34.1 Å². The van der Waals surface area contributed by atoms with Crippen LogP contribution in [0, 0.1) is 20.8 Å². The van der Waals surface area contributed by atoms with Crippen LogP contribution in [0.5, 0.6) is 5.75 Å². The minimum absolute atomic E-state index is 0.275. The average Bonchev–Trinajstić information content (AvgIpc) is 3.06. The van der Waals surface area contributed by atoms with Crippen molar-refractivity contribution in [3.63, 3.8) is 0 Å². The number of halogens is 1. The number of hydrogen-bond acceptors (Lipinski definition) is 4. The molecular formula is C24H28ClN5O2. The Hall–Kier alpha value is -3.32. The molecule has 168 valence electrons. The largest absolute Gasteiger partial charge is 0.497 e. The third-order valence-corrected chi connectivity index (χ3v) is 5.49. The van der Waals surface area contributed by atoms with E-state index in [0.29, 0.717) is 28.8 Å². The van der Waals surface area contributed by atoms with Gasteiger partial charge < -0.3 is 10.1 Å². The van der Waals surface area contributed by atoms with Gasteiger partial charge in [0.05, 0.1) is 19.3 Å². The van der Waals surface area contributed by atoms with Crippen molar-refractivity contribution in [1.82, 2.24) is 15.1 Å². The van der Waals surface area contributed by atoms with Crippen LogP contribution in [0.4, 0.5) is 5.69 Å². The highest BCUT2D eigenvalue weighted by Crippen LogP contribution is 2.20. The monoisotopic (exact) mass is 453 g/mol. The van der Waals surface area contributed by atoms with Gasteiger partial charge in [-0.05, 0) is 75.7 Å². The fourth-order valence-corrected chi connectivity index (χ4v) is 3.58. The molecule has 0 aliphatic heterocycles. The van der Waals surface area contributed by atoms with Gasteiger partial charge in [-0.1, -0.05) is 11.6 Å². The number of ether oxygens (including phenoxy) is 1. The second-order valence-electron chi connectivity index (χ2n) is 7.40. The minimum atomic E-state index is -0.275. The maximum absolute atomic E-state index is 12.9. The number of aromatic nitrogens is 2. The van der Waals surface area contributed by atoms with Crippen LogP contribution >= 0.6 is 11.6 Å². The predicted octanol–water partition coefficient (Wildman–Crippen LogP) is 4.89. The van der Waals surface area contributed by atoms with Crippen molar-refractivity contribution in [2.75, 3.05) is 12.4 Å². The van der Waals surface area contributed by atoms with E-state index in [0.717, 1.165) is 34.7 Å². The molecule has 8 heteroatoms. The summed E-state index contributed by atoms with van der Waals surface area (Å²) < 4.78 is 7.12. The highest BCUT2D eigenvalue weighted by atomic mass is 35.5. The second kappa shape index (κ2) is 10.3. The first kappa shape index (κ1) is 23.3. The molecule has 3 aromatic rings. The van der Waals surface area contributed by atoms with Crippen LogP contribution in [0.1, 0.15) is 39.8 Å². The number of nitrogens with zero attached hydrogens (tertiary/aromatic N) is 3. The maximum Gasteiger partial charge on any atom is 0.257 e. The SMILES string of the molecule is CCn1nc(C)c(CN=C(NC(=O)c2ccc(OC)cc2)Nc2ccc(Cl)cc2C)c1C. The number of anilines is 1. The quantitative estimate of drug-likeness (QED) is 0.411. The normalized spacial score (nSPS) is 11.4. The first-order chi connectivity index (χ1) is 15.3. The molecule has 1 amide bonds. The zero-order valence-corrected chi connectivity index (χ0v) is 19.7. The average molecular weight is 454 g/mol. The van der Waals surface area contributed by atoms with Crippen molar-refractivity contribution in [2.24, 2.45) is 4.99 Å². The number of aliphatic imine (C=N–C) groups is 1. The number of hydrogen-bond donors (Lipinski definition) is 2. The van der Waals surface area contributed by atoms with Gasteiger partial charge in [0.25, 0.3) is 5.91 Å². The number of carbonyl (C=O) groups is 1. The Bertz CT molecular complexity index is 1140. The van der Waals surface area contributed by atoms with E-state index in [2.05, 4.69) is 27.6 Å². The molecule has 0 atom stereocenters. The molecule has 2 aromatic carbocycles. The summed E-state index contributed by atoms with van der Waals surface area (Å²) in [4.78, 5) is 17.6. The van der Waals surface area contributed by atoms with Gasteiger partial charge in [-0.3, -0.25) is 14.8 Å². The number of amides is 1. The molecule has 1 heterocycles. The summed E-state index contributed by atoms with van der Waals surface area (Å²) in [5.41, 5.74) is 5.28. The number of benzene rings is 2. The standard InChI is InChI=1S/C24H28ClN5O2/c1-6-30-17(4)21(16(3)29-30)14-26-24(27-22-12-9-19(25)13-15(22)2)28-23(31)18-7-10-20(32-5)11-8-18/h7-13H,6,14H2,1-5H3,(H2,26,27,28,31). The molecule has 2 N–H and O–H groups in total. The maximum atomic E-state index is 12.9. The summed E-state index contributed by atoms with van der Waals surface area (Å²) in [5, 5.41) is 11.3. The van der Waals surface area contributed by atoms with Crippen molar-refractivity contribution < 1.29 is 9.53 Å². The fraction of sp³-hybridized carbons (Fsp3) is 0.292. The molecule has 0 saturated heterocycles. The fourth-order valence-electron chi connectivity index (χ4n) is 3.36. The summed E-state index contributed by atoms with van der Waals surface area (Å²) >= 11 is 6.09. The van der Waals surface area contributed by atoms with Crippen LogP contribution < -0.4 is 15.4 Å². The molecule has 32 heavy (non-hydrogen) atoms. The van der Waals surface area contributed by atoms with E-state index in [1.165, 1.54) is 0 Å². The molecule has 3 rings (SSSR count). The van der Waals surface area contributed by atoms with Gasteiger partial charge in [0.15, 0.2) is 0 Å². The molecule has 0 radical (unpaired) electrons. The van der Waals surface area contributed by atoms with Crippen molar-refractivity contribution >= 4 is 29.2 Å². The Kier molecular flexibility index (Phi) is 7.53. The van der Waals surface area contributed by atoms with Crippen molar-refractivity contribution in [1.29, 1.82) is 0 Å². The minimum Gasteiger partial charge on any atom is -0.497 e. The predicted molar refractivity (Wildman–Crippen MR) is 129 cm³/mol. The van der Waals surface area contributed by atoms with Crippen molar-refractivity contribution in [3.05, 3.63) is 75.6 Å². The van der Waals surface area contributed by atoms with E-state index in [4.69, 9.17) is 16.3 Å². The van der Waals surface area contributed by atoms with Crippen LogP contribution in [-0.4, -0.2) is 28.8 Å². The van der Waals surface area contributed by atoms with Gasteiger partial charge in [0.2, 0.25) is 5.96 Å². The number of guanidine groups is 1. The highest BCUT2D eigenvalue weighted by molar-refractivity contribution is 6.30. The summed E-state index contributed by atoms with van der Waals surface area (Å²) in [6.45, 7) is 9.17. The van der Waals surface area contributed by atoms with E-state index in [1.54, 1.807) is 37.4 Å². The van der Waals surface area contributed by atoms with Gasteiger partial charge in [-0.2, -0.15) is 5.10 Å². The number of nitrogens with one attached hydrogen (secondary N) is 2. The lowest BCUT2D eigenvalue weighted by atomic mass is 10.2. The molecule has 0 bridgehead atoms. The van der Waals surface area contributed by atoms with E-state index in [9.17, 15) is 4.79 Å². The molecule has 1 aromatic heterocycles. The Labute approximate surface area is 193 Å². The lowest BCUT2D eigenvalue weighted by Crippen LogP contribution is -2.36. The Morgan fingerprint density at radius 1 is 1.16 bits per heavy atom. The number of rotatable bonds is 6. The van der Waals surface area contributed by atoms with Gasteiger partial charge in [-0.25, -0.2) is 4.99 Å². The molecule has 0 unspecified atom stereocenters. The van der Waals surface area contributed by atoms with Gasteiger partial charge in [0.1, 0.15) is 5.75 Å². The third kappa shape index (κ3) is 5.48. The zero-order valence-electron chi connectivity index (χ0n) is 19.0. The van der Waals surface area contributed by atoms with E-state index < -0.39 is 0 Å². The van der Waals surface area contributed by atoms with Crippen molar-refractivity contribution in [2.45, 2.75) is 40.8 Å². The lowest BCUT2D eigenvalue weighted by molar-refractivity contribution is 0.0977. The lowest BCUT2D eigenvalue weighted by Gasteiger charge is -2.14. The molecule has 0 aliphatic carbocycles. The van der Waals surface area contributed by atoms with Crippen LogP contribution in [0.25, 0.3) is 0 Å². The van der Waals surface area contributed by atoms with Crippen molar-refractivity contribution in [3.8, 4) is 5.75 Å². The number of methoxy groups -OCH3 is 1. The molecule has 0 saturated carbocycles. The number of aryl methyl sites for hydroxylation is 3. The first-order valence-electron chi connectivity index (χ1n) is 10.4. The Balaban J connectivity index is 1.88. The van der Waals surface area contributed by atoms with Crippen LogP contribution in [0.3, 0.4) is 0 Å². The van der Waals surface area contributed by atoms with Gasteiger partial charge in [-0.15, -0.1) is 0 Å². The molecule has 0 aliphatic rings. The Morgan fingerprint density at radius 3 is 2.47 bits per heavy atom. The molecule has 0 fully saturated rings. The van der Waals surface area contributed by atoms with Crippen LogP contribution in [0.15, 0.2) is 47.5 Å². The summed E-state index contributed by atoms with van der Waals surface area (Å²) in [7, 11) is 1.59. The molecular weight excluding hydrogens is 426 g/mol.